The number of hydrogen-bond acceptors (Lipinski definition) is 3. The number of benzene rings is 1. The Kier molecular flexibility index (Phi) is 4.02. The highest BCUT2D eigenvalue weighted by molar-refractivity contribution is 9.10. The van der Waals surface area contributed by atoms with Crippen molar-refractivity contribution >= 4 is 21.9 Å². The SMILES string of the molecule is O=C(O)CCN1CCOc2cc(Br)ccc2C1. The largest absolute Gasteiger partial charge is 0.492 e. The fourth-order valence-electron chi connectivity index (χ4n) is 1.84. The predicted molar refractivity (Wildman–Crippen MR) is 67.2 cm³/mol. The Balaban J connectivity index is 2.06. The molecule has 0 saturated heterocycles. The van der Waals surface area contributed by atoms with Crippen LogP contribution in [0.5, 0.6) is 5.75 Å². The molecule has 0 atom stereocenters. The summed E-state index contributed by atoms with van der Waals surface area (Å²) in [4.78, 5) is 12.7. The molecule has 5 heteroatoms. The van der Waals surface area contributed by atoms with Crippen LogP contribution in [-0.4, -0.2) is 35.7 Å². The Morgan fingerprint density at radius 2 is 2.35 bits per heavy atom. The van der Waals surface area contributed by atoms with E-state index >= 15 is 0 Å². The molecular formula is C12H14BrNO3. The Morgan fingerprint density at radius 3 is 3.12 bits per heavy atom. The third-order valence-corrected chi connectivity index (χ3v) is 3.22. The minimum Gasteiger partial charge on any atom is -0.492 e. The number of aliphatic carboxylic acids is 1. The number of rotatable bonds is 3. The normalized spacial score (nSPS) is 15.8. The molecule has 0 aromatic heterocycles. The van der Waals surface area contributed by atoms with Gasteiger partial charge in [-0.2, -0.15) is 0 Å². The lowest BCUT2D eigenvalue weighted by atomic mass is 10.2. The first-order chi connectivity index (χ1) is 8.15. The summed E-state index contributed by atoms with van der Waals surface area (Å²) in [5.74, 6) is 0.128. The van der Waals surface area contributed by atoms with Crippen molar-refractivity contribution in [1.29, 1.82) is 0 Å². The Labute approximate surface area is 108 Å². The molecule has 0 fully saturated rings. The van der Waals surface area contributed by atoms with Crippen molar-refractivity contribution in [3.05, 3.63) is 28.2 Å². The quantitative estimate of drug-likeness (QED) is 0.929. The summed E-state index contributed by atoms with van der Waals surface area (Å²) < 4.78 is 6.64. The van der Waals surface area contributed by atoms with Crippen LogP contribution in [0.2, 0.25) is 0 Å². The summed E-state index contributed by atoms with van der Waals surface area (Å²) >= 11 is 3.41. The molecule has 1 aliphatic heterocycles. The highest BCUT2D eigenvalue weighted by atomic mass is 79.9. The molecule has 92 valence electrons. The zero-order valence-corrected chi connectivity index (χ0v) is 10.9. The predicted octanol–water partition coefficient (Wildman–Crippen LogP) is 2.12. The van der Waals surface area contributed by atoms with E-state index in [1.54, 1.807) is 0 Å². The Hall–Kier alpha value is -1.07. The van der Waals surface area contributed by atoms with Crippen LogP contribution in [0.3, 0.4) is 0 Å². The summed E-state index contributed by atoms with van der Waals surface area (Å²) in [5.41, 5.74) is 1.11. The van der Waals surface area contributed by atoms with Gasteiger partial charge in [-0.1, -0.05) is 22.0 Å². The molecule has 0 saturated carbocycles. The third-order valence-electron chi connectivity index (χ3n) is 2.73. The number of carboxylic acids is 1. The molecule has 17 heavy (non-hydrogen) atoms. The van der Waals surface area contributed by atoms with Crippen molar-refractivity contribution in [3.8, 4) is 5.75 Å². The van der Waals surface area contributed by atoms with E-state index in [1.807, 2.05) is 18.2 Å². The average molecular weight is 300 g/mol. The Morgan fingerprint density at radius 1 is 1.53 bits per heavy atom. The van der Waals surface area contributed by atoms with Gasteiger partial charge in [0, 0.05) is 29.7 Å². The minimum atomic E-state index is -0.758. The van der Waals surface area contributed by atoms with E-state index in [2.05, 4.69) is 20.8 Å². The second-order valence-electron chi connectivity index (χ2n) is 4.02. The molecule has 1 aromatic rings. The monoisotopic (exact) mass is 299 g/mol. The first-order valence-corrected chi connectivity index (χ1v) is 6.30. The molecule has 1 aliphatic rings. The van der Waals surface area contributed by atoms with E-state index in [-0.39, 0.29) is 6.42 Å². The van der Waals surface area contributed by atoms with Gasteiger partial charge >= 0.3 is 5.97 Å². The first kappa shape index (κ1) is 12.4. The number of halogens is 1. The Bertz CT molecular complexity index is 422. The lowest BCUT2D eigenvalue weighted by molar-refractivity contribution is -0.137. The van der Waals surface area contributed by atoms with Gasteiger partial charge in [-0.05, 0) is 12.1 Å². The van der Waals surface area contributed by atoms with Crippen LogP contribution in [0, 0.1) is 0 Å². The van der Waals surface area contributed by atoms with Crippen LogP contribution in [0.15, 0.2) is 22.7 Å². The zero-order chi connectivity index (χ0) is 12.3. The van der Waals surface area contributed by atoms with E-state index in [0.29, 0.717) is 13.2 Å². The fourth-order valence-corrected chi connectivity index (χ4v) is 2.18. The van der Waals surface area contributed by atoms with E-state index in [9.17, 15) is 4.79 Å². The lowest BCUT2D eigenvalue weighted by Crippen LogP contribution is -2.28. The van der Waals surface area contributed by atoms with Crippen molar-refractivity contribution < 1.29 is 14.6 Å². The number of carboxylic acid groups (broad SMARTS) is 1. The molecular weight excluding hydrogens is 286 g/mol. The number of hydrogen-bond donors (Lipinski definition) is 1. The van der Waals surface area contributed by atoms with E-state index < -0.39 is 5.97 Å². The van der Waals surface area contributed by atoms with Crippen LogP contribution >= 0.6 is 15.9 Å². The lowest BCUT2D eigenvalue weighted by Gasteiger charge is -2.17. The molecule has 0 aliphatic carbocycles. The smallest absolute Gasteiger partial charge is 0.304 e. The van der Waals surface area contributed by atoms with E-state index in [4.69, 9.17) is 9.84 Å². The van der Waals surface area contributed by atoms with Crippen molar-refractivity contribution in [2.45, 2.75) is 13.0 Å². The molecule has 1 N–H and O–H groups in total. The molecule has 0 radical (unpaired) electrons. The maximum atomic E-state index is 10.6. The molecule has 2 rings (SSSR count). The third kappa shape index (κ3) is 3.44. The van der Waals surface area contributed by atoms with Gasteiger partial charge in [-0.3, -0.25) is 9.69 Å². The second-order valence-corrected chi connectivity index (χ2v) is 4.94. The maximum absolute atomic E-state index is 10.6. The first-order valence-electron chi connectivity index (χ1n) is 5.50. The molecule has 0 bridgehead atoms. The van der Waals surface area contributed by atoms with Crippen LogP contribution in [0.1, 0.15) is 12.0 Å². The van der Waals surface area contributed by atoms with Crippen molar-refractivity contribution in [1.82, 2.24) is 4.90 Å². The van der Waals surface area contributed by atoms with Gasteiger partial charge in [0.1, 0.15) is 12.4 Å². The van der Waals surface area contributed by atoms with Gasteiger partial charge in [0.15, 0.2) is 0 Å². The summed E-state index contributed by atoms with van der Waals surface area (Å²) in [7, 11) is 0. The molecule has 1 heterocycles. The molecule has 0 amide bonds. The van der Waals surface area contributed by atoms with Gasteiger partial charge in [0.05, 0.1) is 6.42 Å². The van der Waals surface area contributed by atoms with Gasteiger partial charge < -0.3 is 9.84 Å². The van der Waals surface area contributed by atoms with E-state index in [0.717, 1.165) is 28.9 Å². The minimum absolute atomic E-state index is 0.172. The summed E-state index contributed by atoms with van der Waals surface area (Å²) in [6, 6.07) is 5.94. The van der Waals surface area contributed by atoms with Crippen LogP contribution in [-0.2, 0) is 11.3 Å². The number of fused-ring (bicyclic) bond motifs is 1. The van der Waals surface area contributed by atoms with Crippen molar-refractivity contribution in [2.24, 2.45) is 0 Å². The van der Waals surface area contributed by atoms with Gasteiger partial charge in [-0.15, -0.1) is 0 Å². The fraction of sp³-hybridized carbons (Fsp3) is 0.417. The van der Waals surface area contributed by atoms with Gasteiger partial charge in [-0.25, -0.2) is 0 Å². The number of ether oxygens (including phenoxy) is 1. The van der Waals surface area contributed by atoms with Gasteiger partial charge in [0.25, 0.3) is 0 Å². The molecule has 0 unspecified atom stereocenters. The number of nitrogens with zero attached hydrogens (tertiary/aromatic N) is 1. The molecule has 1 aromatic carbocycles. The second kappa shape index (κ2) is 5.51. The average Bonchev–Trinajstić information content (AvgIpc) is 2.47. The molecule has 0 spiro atoms. The molecule has 4 nitrogen and oxygen atoms in total. The van der Waals surface area contributed by atoms with Crippen molar-refractivity contribution in [2.75, 3.05) is 19.7 Å². The van der Waals surface area contributed by atoms with Crippen LogP contribution in [0.4, 0.5) is 0 Å². The van der Waals surface area contributed by atoms with E-state index in [1.165, 1.54) is 0 Å². The van der Waals surface area contributed by atoms with Crippen LogP contribution in [0.25, 0.3) is 0 Å². The highest BCUT2D eigenvalue weighted by Crippen LogP contribution is 2.26. The van der Waals surface area contributed by atoms with Gasteiger partial charge in [0.2, 0.25) is 0 Å². The van der Waals surface area contributed by atoms with Crippen LogP contribution < -0.4 is 4.74 Å². The summed E-state index contributed by atoms with van der Waals surface area (Å²) in [6.45, 7) is 2.67. The van der Waals surface area contributed by atoms with Crippen molar-refractivity contribution in [3.63, 3.8) is 0 Å². The zero-order valence-electron chi connectivity index (χ0n) is 9.36. The number of carbonyl (C=O) groups is 1. The maximum Gasteiger partial charge on any atom is 0.304 e. The summed E-state index contributed by atoms with van der Waals surface area (Å²) in [5, 5.41) is 8.68. The summed E-state index contributed by atoms with van der Waals surface area (Å²) in [6.07, 6.45) is 0.172. The topological polar surface area (TPSA) is 49.8 Å². The highest BCUT2D eigenvalue weighted by Gasteiger charge is 2.15. The standard InChI is InChI=1S/C12H14BrNO3/c13-10-2-1-9-8-14(4-3-12(15)16)5-6-17-11(9)7-10/h1-2,7H,3-6,8H2,(H,15,16).